The summed E-state index contributed by atoms with van der Waals surface area (Å²) in [6.07, 6.45) is 2.02. The maximum Gasteiger partial charge on any atom is 0.254 e. The van der Waals surface area contributed by atoms with Crippen molar-refractivity contribution in [1.29, 1.82) is 0 Å². The number of carbonyl (C=O) groups is 1. The first-order valence-corrected chi connectivity index (χ1v) is 8.32. The molecular formula is C12H15BrN2O3S. The standard InChI is InChI=1S/C12H15BrN2O3S/c1-2-15(9-4-5-9)12(16)8-3-6-10(13)11(7-8)19(14,17)18/h3,6-7,9H,2,4-5H2,1H3,(H2,14,17,18). The van der Waals surface area contributed by atoms with E-state index in [4.69, 9.17) is 5.14 Å². The van der Waals surface area contributed by atoms with Gasteiger partial charge in [-0.25, -0.2) is 13.6 Å². The van der Waals surface area contributed by atoms with Gasteiger partial charge in [-0.05, 0) is 53.9 Å². The molecule has 0 spiro atoms. The van der Waals surface area contributed by atoms with Gasteiger partial charge >= 0.3 is 0 Å². The Morgan fingerprint density at radius 3 is 2.58 bits per heavy atom. The molecule has 2 rings (SSSR count). The largest absolute Gasteiger partial charge is 0.336 e. The van der Waals surface area contributed by atoms with Gasteiger partial charge in [-0.2, -0.15) is 0 Å². The molecule has 0 aromatic heterocycles. The Labute approximate surface area is 121 Å². The molecule has 0 bridgehead atoms. The van der Waals surface area contributed by atoms with E-state index < -0.39 is 10.0 Å². The van der Waals surface area contributed by atoms with Gasteiger partial charge in [0.15, 0.2) is 0 Å². The van der Waals surface area contributed by atoms with Crippen molar-refractivity contribution >= 4 is 31.9 Å². The van der Waals surface area contributed by atoms with E-state index in [0.717, 1.165) is 12.8 Å². The summed E-state index contributed by atoms with van der Waals surface area (Å²) in [5, 5.41) is 5.12. The molecule has 1 aromatic carbocycles. The molecule has 2 N–H and O–H groups in total. The predicted octanol–water partition coefficient (Wildman–Crippen LogP) is 1.72. The van der Waals surface area contributed by atoms with Crippen molar-refractivity contribution in [2.45, 2.75) is 30.7 Å². The fraction of sp³-hybridized carbons (Fsp3) is 0.417. The molecule has 1 aliphatic rings. The quantitative estimate of drug-likeness (QED) is 0.901. The Morgan fingerprint density at radius 2 is 2.11 bits per heavy atom. The van der Waals surface area contributed by atoms with Crippen molar-refractivity contribution in [2.75, 3.05) is 6.54 Å². The summed E-state index contributed by atoms with van der Waals surface area (Å²) in [5.41, 5.74) is 0.348. The van der Waals surface area contributed by atoms with Crippen molar-refractivity contribution in [3.05, 3.63) is 28.2 Å². The van der Waals surface area contributed by atoms with Crippen molar-refractivity contribution in [3.63, 3.8) is 0 Å². The summed E-state index contributed by atoms with van der Waals surface area (Å²) < 4.78 is 23.2. The molecule has 0 radical (unpaired) electrons. The number of carbonyl (C=O) groups excluding carboxylic acids is 1. The SMILES string of the molecule is CCN(C(=O)c1ccc(Br)c(S(N)(=O)=O)c1)C1CC1. The van der Waals surface area contributed by atoms with Crippen LogP contribution in [0.3, 0.4) is 0 Å². The molecule has 0 aliphatic heterocycles. The van der Waals surface area contributed by atoms with E-state index in [1.54, 1.807) is 11.0 Å². The third kappa shape index (κ3) is 3.16. The van der Waals surface area contributed by atoms with Crippen molar-refractivity contribution < 1.29 is 13.2 Å². The van der Waals surface area contributed by atoms with E-state index in [0.29, 0.717) is 22.6 Å². The second-order valence-corrected chi connectivity index (χ2v) is 6.90. The molecule has 1 aromatic rings. The van der Waals surface area contributed by atoms with Gasteiger partial charge in [0, 0.05) is 22.6 Å². The number of rotatable bonds is 4. The number of amides is 1. The van der Waals surface area contributed by atoms with Crippen LogP contribution in [0.15, 0.2) is 27.6 Å². The normalized spacial score (nSPS) is 15.3. The van der Waals surface area contributed by atoms with E-state index in [1.165, 1.54) is 12.1 Å². The van der Waals surface area contributed by atoms with E-state index in [1.807, 2.05) is 6.92 Å². The predicted molar refractivity (Wildman–Crippen MR) is 75.2 cm³/mol. The van der Waals surface area contributed by atoms with Crippen LogP contribution < -0.4 is 5.14 Å². The maximum absolute atomic E-state index is 12.3. The van der Waals surface area contributed by atoms with Crippen LogP contribution in [-0.2, 0) is 10.0 Å². The summed E-state index contributed by atoms with van der Waals surface area (Å²) >= 11 is 3.13. The number of halogens is 1. The number of benzene rings is 1. The molecule has 1 saturated carbocycles. The first kappa shape index (κ1) is 14.5. The van der Waals surface area contributed by atoms with Crippen molar-refractivity contribution in [1.82, 2.24) is 4.90 Å². The van der Waals surface area contributed by atoms with E-state index in [9.17, 15) is 13.2 Å². The molecule has 5 nitrogen and oxygen atoms in total. The van der Waals surface area contributed by atoms with Gasteiger partial charge in [0.1, 0.15) is 0 Å². The van der Waals surface area contributed by atoms with Crippen LogP contribution in [0.25, 0.3) is 0 Å². The summed E-state index contributed by atoms with van der Waals surface area (Å²) in [7, 11) is -3.84. The lowest BCUT2D eigenvalue weighted by Gasteiger charge is -2.20. The van der Waals surface area contributed by atoms with Crippen molar-refractivity contribution in [3.8, 4) is 0 Å². The van der Waals surface area contributed by atoms with Crippen LogP contribution in [-0.4, -0.2) is 31.8 Å². The van der Waals surface area contributed by atoms with Crippen LogP contribution in [0.5, 0.6) is 0 Å². The molecule has 104 valence electrons. The molecule has 19 heavy (non-hydrogen) atoms. The first-order chi connectivity index (χ1) is 8.84. The first-order valence-electron chi connectivity index (χ1n) is 5.98. The second-order valence-electron chi connectivity index (χ2n) is 4.51. The zero-order valence-corrected chi connectivity index (χ0v) is 12.9. The van der Waals surface area contributed by atoms with Gasteiger partial charge in [0.2, 0.25) is 10.0 Å². The molecule has 0 saturated heterocycles. The third-order valence-corrected chi connectivity index (χ3v) is 4.98. The fourth-order valence-electron chi connectivity index (χ4n) is 1.97. The fourth-order valence-corrected chi connectivity index (χ4v) is 3.53. The highest BCUT2D eigenvalue weighted by atomic mass is 79.9. The topological polar surface area (TPSA) is 80.5 Å². The van der Waals surface area contributed by atoms with E-state index in [-0.39, 0.29) is 10.8 Å². The van der Waals surface area contributed by atoms with Crippen molar-refractivity contribution in [2.24, 2.45) is 5.14 Å². The number of nitrogens with two attached hydrogens (primary N) is 1. The number of sulfonamides is 1. The Kier molecular flexibility index (Phi) is 3.98. The summed E-state index contributed by atoms with van der Waals surface area (Å²) in [4.78, 5) is 14.0. The van der Waals surface area contributed by atoms with Crippen LogP contribution in [0.4, 0.5) is 0 Å². The highest BCUT2D eigenvalue weighted by Crippen LogP contribution is 2.29. The minimum absolute atomic E-state index is 0.0646. The number of hydrogen-bond acceptors (Lipinski definition) is 3. The van der Waals surface area contributed by atoms with Gasteiger partial charge in [-0.1, -0.05) is 0 Å². The molecular weight excluding hydrogens is 332 g/mol. The van der Waals surface area contributed by atoms with Gasteiger partial charge < -0.3 is 4.90 Å². The lowest BCUT2D eigenvalue weighted by atomic mass is 10.2. The molecule has 0 unspecified atom stereocenters. The second kappa shape index (κ2) is 5.22. The Hall–Kier alpha value is -0.920. The lowest BCUT2D eigenvalue weighted by molar-refractivity contribution is 0.0752. The van der Waals surface area contributed by atoms with Gasteiger partial charge in [-0.15, -0.1) is 0 Å². The summed E-state index contributed by atoms with van der Waals surface area (Å²) in [6, 6.07) is 4.76. The monoisotopic (exact) mass is 346 g/mol. The average Bonchev–Trinajstić information content (AvgIpc) is 3.13. The summed E-state index contributed by atoms with van der Waals surface area (Å²) in [6.45, 7) is 2.53. The van der Waals surface area contributed by atoms with Crippen LogP contribution in [0.1, 0.15) is 30.1 Å². The Bertz CT molecular complexity index is 611. The van der Waals surface area contributed by atoms with Gasteiger partial charge in [-0.3, -0.25) is 4.79 Å². The zero-order valence-electron chi connectivity index (χ0n) is 10.5. The minimum Gasteiger partial charge on any atom is -0.336 e. The lowest BCUT2D eigenvalue weighted by Crippen LogP contribution is -2.33. The van der Waals surface area contributed by atoms with Crippen LogP contribution >= 0.6 is 15.9 Å². The molecule has 1 fully saturated rings. The number of primary sulfonamides is 1. The van der Waals surface area contributed by atoms with Crippen LogP contribution in [0.2, 0.25) is 0 Å². The maximum atomic E-state index is 12.3. The van der Waals surface area contributed by atoms with Crippen LogP contribution in [0, 0.1) is 0 Å². The smallest absolute Gasteiger partial charge is 0.254 e. The highest BCUT2D eigenvalue weighted by molar-refractivity contribution is 9.10. The molecule has 0 atom stereocenters. The minimum atomic E-state index is -3.84. The Balaban J connectivity index is 2.38. The number of hydrogen-bond donors (Lipinski definition) is 1. The molecule has 0 heterocycles. The molecule has 1 aliphatic carbocycles. The Morgan fingerprint density at radius 1 is 1.47 bits per heavy atom. The highest BCUT2D eigenvalue weighted by Gasteiger charge is 2.32. The van der Waals surface area contributed by atoms with Gasteiger partial charge in [0.25, 0.3) is 5.91 Å². The molecule has 1 amide bonds. The third-order valence-electron chi connectivity index (χ3n) is 3.07. The summed E-state index contributed by atoms with van der Waals surface area (Å²) in [5.74, 6) is -0.151. The average molecular weight is 347 g/mol. The zero-order chi connectivity index (χ0) is 14.2. The molecule has 7 heteroatoms. The van der Waals surface area contributed by atoms with E-state index in [2.05, 4.69) is 15.9 Å². The number of nitrogens with zero attached hydrogens (tertiary/aromatic N) is 1. The van der Waals surface area contributed by atoms with E-state index >= 15 is 0 Å². The van der Waals surface area contributed by atoms with Gasteiger partial charge in [0.05, 0.1) is 4.90 Å².